The summed E-state index contributed by atoms with van der Waals surface area (Å²) < 4.78 is 5.59. The molecule has 2 unspecified atom stereocenters. The third-order valence-corrected chi connectivity index (χ3v) is 2.58. The van der Waals surface area contributed by atoms with E-state index in [1.807, 2.05) is 0 Å². The lowest BCUT2D eigenvalue weighted by molar-refractivity contribution is -0.0301. The predicted molar refractivity (Wildman–Crippen MR) is 54.7 cm³/mol. The number of hydrogen-bond acceptors (Lipinski definition) is 3. The van der Waals surface area contributed by atoms with Crippen molar-refractivity contribution in [1.82, 2.24) is 4.90 Å². The highest BCUT2D eigenvalue weighted by Crippen LogP contribution is 2.08. The van der Waals surface area contributed by atoms with E-state index in [1.54, 1.807) is 0 Å². The maximum absolute atomic E-state index is 5.72. The van der Waals surface area contributed by atoms with E-state index >= 15 is 0 Å². The van der Waals surface area contributed by atoms with E-state index in [2.05, 4.69) is 18.7 Å². The molecular formula is C10H22N2O. The van der Waals surface area contributed by atoms with Gasteiger partial charge in [0.25, 0.3) is 0 Å². The minimum Gasteiger partial charge on any atom is -0.376 e. The Morgan fingerprint density at radius 1 is 1.62 bits per heavy atom. The van der Waals surface area contributed by atoms with Gasteiger partial charge in [-0.25, -0.2) is 0 Å². The van der Waals surface area contributed by atoms with Crippen LogP contribution in [0.3, 0.4) is 0 Å². The average molecular weight is 186 g/mol. The molecule has 1 aliphatic heterocycles. The largest absolute Gasteiger partial charge is 0.376 e. The van der Waals surface area contributed by atoms with Gasteiger partial charge in [0.1, 0.15) is 0 Å². The molecule has 2 N–H and O–H groups in total. The second-order valence-electron chi connectivity index (χ2n) is 3.97. The number of morpholine rings is 1. The van der Waals surface area contributed by atoms with Gasteiger partial charge in [0, 0.05) is 19.1 Å². The van der Waals surface area contributed by atoms with Gasteiger partial charge in [-0.05, 0) is 26.3 Å². The topological polar surface area (TPSA) is 38.5 Å². The first kappa shape index (κ1) is 11.0. The lowest BCUT2D eigenvalue weighted by Gasteiger charge is -2.32. The van der Waals surface area contributed by atoms with Gasteiger partial charge in [0.15, 0.2) is 0 Å². The smallest absolute Gasteiger partial charge is 0.0700 e. The van der Waals surface area contributed by atoms with Crippen LogP contribution >= 0.6 is 0 Å². The minimum absolute atomic E-state index is 0.322. The third-order valence-electron chi connectivity index (χ3n) is 2.58. The molecular weight excluding hydrogens is 164 g/mol. The summed E-state index contributed by atoms with van der Waals surface area (Å²) in [7, 11) is 0. The molecule has 0 saturated carbocycles. The van der Waals surface area contributed by atoms with E-state index in [-0.39, 0.29) is 0 Å². The highest BCUT2D eigenvalue weighted by molar-refractivity contribution is 4.71. The Labute approximate surface area is 81.2 Å². The van der Waals surface area contributed by atoms with Gasteiger partial charge in [0.05, 0.1) is 12.7 Å². The Bertz CT molecular complexity index is 139. The molecule has 1 aliphatic rings. The second-order valence-corrected chi connectivity index (χ2v) is 3.97. The van der Waals surface area contributed by atoms with Gasteiger partial charge >= 0.3 is 0 Å². The first-order valence-corrected chi connectivity index (χ1v) is 5.32. The molecule has 2 atom stereocenters. The Balaban J connectivity index is 2.18. The summed E-state index contributed by atoms with van der Waals surface area (Å²) in [5.41, 5.74) is 5.72. The summed E-state index contributed by atoms with van der Waals surface area (Å²) in [5.74, 6) is 0. The van der Waals surface area contributed by atoms with Crippen LogP contribution in [0.2, 0.25) is 0 Å². The molecule has 1 saturated heterocycles. The number of hydrogen-bond donors (Lipinski definition) is 1. The van der Waals surface area contributed by atoms with Crippen molar-refractivity contribution in [3.05, 3.63) is 0 Å². The molecule has 0 radical (unpaired) electrons. The van der Waals surface area contributed by atoms with Crippen LogP contribution in [0.25, 0.3) is 0 Å². The zero-order valence-electron chi connectivity index (χ0n) is 8.83. The van der Waals surface area contributed by atoms with Crippen LogP contribution in [0.1, 0.15) is 26.7 Å². The van der Waals surface area contributed by atoms with Crippen molar-refractivity contribution in [3.8, 4) is 0 Å². The lowest BCUT2D eigenvalue weighted by atomic mass is 10.2. The van der Waals surface area contributed by atoms with Crippen LogP contribution in [-0.2, 0) is 4.74 Å². The van der Waals surface area contributed by atoms with Gasteiger partial charge in [-0.1, -0.05) is 6.92 Å². The van der Waals surface area contributed by atoms with Crippen LogP contribution in [0.15, 0.2) is 0 Å². The number of nitrogens with zero attached hydrogens (tertiary/aromatic N) is 1. The zero-order valence-corrected chi connectivity index (χ0v) is 8.83. The Kier molecular flexibility index (Phi) is 4.70. The first-order valence-electron chi connectivity index (χ1n) is 5.32. The van der Waals surface area contributed by atoms with Gasteiger partial charge in [-0.2, -0.15) is 0 Å². The monoisotopic (exact) mass is 186 g/mol. The summed E-state index contributed by atoms with van der Waals surface area (Å²) in [4.78, 5) is 2.46. The molecule has 0 aromatic rings. The van der Waals surface area contributed by atoms with E-state index in [0.717, 1.165) is 39.1 Å². The van der Waals surface area contributed by atoms with Crippen LogP contribution < -0.4 is 5.73 Å². The maximum atomic E-state index is 5.72. The molecule has 0 aromatic carbocycles. The molecule has 0 bridgehead atoms. The highest BCUT2D eigenvalue weighted by atomic mass is 16.5. The van der Waals surface area contributed by atoms with Gasteiger partial charge in [0.2, 0.25) is 0 Å². The molecule has 0 spiro atoms. The van der Waals surface area contributed by atoms with Crippen molar-refractivity contribution >= 4 is 0 Å². The number of ether oxygens (including phenoxy) is 1. The molecule has 0 aromatic heterocycles. The van der Waals surface area contributed by atoms with Crippen LogP contribution in [0.4, 0.5) is 0 Å². The van der Waals surface area contributed by atoms with Crippen LogP contribution in [-0.4, -0.2) is 43.3 Å². The molecule has 1 rings (SSSR count). The number of rotatable bonds is 4. The predicted octanol–water partition coefficient (Wildman–Crippen LogP) is 0.834. The molecule has 1 fully saturated rings. The maximum Gasteiger partial charge on any atom is 0.0700 e. The standard InChI is InChI=1S/C10H22N2O/c1-3-10-8-12(6-7-13-10)5-4-9(2)11/h9-10H,3-8,11H2,1-2H3. The van der Waals surface area contributed by atoms with Crippen molar-refractivity contribution in [2.75, 3.05) is 26.2 Å². The molecule has 1 heterocycles. The van der Waals surface area contributed by atoms with Gasteiger partial charge in [-0.15, -0.1) is 0 Å². The SMILES string of the molecule is CCC1CN(CCC(C)N)CCO1. The van der Waals surface area contributed by atoms with E-state index in [1.165, 1.54) is 0 Å². The Morgan fingerprint density at radius 2 is 2.38 bits per heavy atom. The zero-order chi connectivity index (χ0) is 9.68. The fourth-order valence-electron chi connectivity index (χ4n) is 1.62. The van der Waals surface area contributed by atoms with Crippen molar-refractivity contribution in [2.24, 2.45) is 5.73 Å². The molecule has 13 heavy (non-hydrogen) atoms. The molecule has 3 nitrogen and oxygen atoms in total. The first-order chi connectivity index (χ1) is 6.22. The molecule has 78 valence electrons. The Morgan fingerprint density at radius 3 is 3.00 bits per heavy atom. The van der Waals surface area contributed by atoms with Crippen molar-refractivity contribution in [3.63, 3.8) is 0 Å². The fourth-order valence-corrected chi connectivity index (χ4v) is 1.62. The fraction of sp³-hybridized carbons (Fsp3) is 1.00. The summed E-state index contributed by atoms with van der Waals surface area (Å²) in [6.45, 7) is 8.42. The third kappa shape index (κ3) is 4.07. The van der Waals surface area contributed by atoms with E-state index in [9.17, 15) is 0 Å². The van der Waals surface area contributed by atoms with E-state index in [4.69, 9.17) is 10.5 Å². The van der Waals surface area contributed by atoms with E-state index < -0.39 is 0 Å². The van der Waals surface area contributed by atoms with Gasteiger partial charge in [-0.3, -0.25) is 4.90 Å². The summed E-state index contributed by atoms with van der Waals surface area (Å²) >= 11 is 0. The normalized spacial score (nSPS) is 27.5. The summed E-state index contributed by atoms with van der Waals surface area (Å²) in [6, 6.07) is 0.322. The quantitative estimate of drug-likeness (QED) is 0.707. The summed E-state index contributed by atoms with van der Waals surface area (Å²) in [5, 5.41) is 0. The molecule has 3 heteroatoms. The highest BCUT2D eigenvalue weighted by Gasteiger charge is 2.18. The van der Waals surface area contributed by atoms with E-state index in [0.29, 0.717) is 12.1 Å². The second kappa shape index (κ2) is 5.58. The number of nitrogens with two attached hydrogens (primary N) is 1. The van der Waals surface area contributed by atoms with Gasteiger partial charge < -0.3 is 10.5 Å². The van der Waals surface area contributed by atoms with Crippen LogP contribution in [0.5, 0.6) is 0 Å². The minimum atomic E-state index is 0.322. The molecule has 0 amide bonds. The van der Waals surface area contributed by atoms with Crippen molar-refractivity contribution < 1.29 is 4.74 Å². The lowest BCUT2D eigenvalue weighted by Crippen LogP contribution is -2.43. The summed E-state index contributed by atoms with van der Waals surface area (Å²) in [6.07, 6.45) is 2.66. The molecule has 0 aliphatic carbocycles. The van der Waals surface area contributed by atoms with Crippen LogP contribution in [0, 0.1) is 0 Å². The Hall–Kier alpha value is -0.120. The van der Waals surface area contributed by atoms with Crippen molar-refractivity contribution in [2.45, 2.75) is 38.8 Å². The van der Waals surface area contributed by atoms with Crippen molar-refractivity contribution in [1.29, 1.82) is 0 Å². The average Bonchev–Trinajstić information content (AvgIpc) is 2.15.